The molecule has 1 nitrogen and oxygen atoms in total. The van der Waals surface area contributed by atoms with Crippen molar-refractivity contribution in [2.45, 2.75) is 58.5 Å². The molecule has 1 heterocycles. The molecule has 119 valence electrons. The zero-order valence-electron chi connectivity index (χ0n) is 13.9. The Labute approximate surface area is 143 Å². The van der Waals surface area contributed by atoms with E-state index in [2.05, 4.69) is 61.8 Å². The summed E-state index contributed by atoms with van der Waals surface area (Å²) in [5.74, 6) is 1.83. The molecule has 2 heteroatoms. The Hall–Kier alpha value is -0.760. The molecule has 2 aliphatic rings. The lowest BCUT2D eigenvalue weighted by molar-refractivity contribution is -0.00397. The molecule has 0 unspecified atom stereocenters. The third kappa shape index (κ3) is 2.99. The molecule has 1 saturated carbocycles. The average molecular weight is 362 g/mol. The van der Waals surface area contributed by atoms with Crippen LogP contribution < -0.4 is 4.74 Å². The lowest BCUT2D eigenvalue weighted by atomic mass is 9.66. The van der Waals surface area contributed by atoms with Gasteiger partial charge in [-0.2, -0.15) is 0 Å². The zero-order valence-corrected chi connectivity index (χ0v) is 15.5. The van der Waals surface area contributed by atoms with Crippen molar-refractivity contribution in [3.05, 3.63) is 41.2 Å². The van der Waals surface area contributed by atoms with Crippen LogP contribution in [0.15, 0.2) is 28.7 Å². The van der Waals surface area contributed by atoms with Crippen LogP contribution in [0.5, 0.6) is 5.75 Å². The molecule has 1 aliphatic heterocycles. The van der Waals surface area contributed by atoms with E-state index >= 15 is 0 Å². The monoisotopic (exact) mass is 361 g/mol. The van der Waals surface area contributed by atoms with Gasteiger partial charge in [-0.25, -0.2) is 0 Å². The first kappa shape index (κ1) is 16.1. The molecule has 3 rings (SSSR count). The number of halogens is 1. The lowest BCUT2D eigenvalue weighted by Gasteiger charge is -2.46. The SMILES string of the molecule is [CH2]C=C1CC2(CCC(C(C)(C)C)CC2)Oc2ccc(Br)cc21. The Morgan fingerprint density at radius 2 is 1.95 bits per heavy atom. The van der Waals surface area contributed by atoms with Crippen LogP contribution in [0.3, 0.4) is 0 Å². The van der Waals surface area contributed by atoms with Crippen molar-refractivity contribution >= 4 is 21.5 Å². The van der Waals surface area contributed by atoms with Crippen molar-refractivity contribution < 1.29 is 4.74 Å². The molecule has 0 N–H and O–H groups in total. The van der Waals surface area contributed by atoms with Crippen LogP contribution in [0.25, 0.3) is 5.57 Å². The number of benzene rings is 1. The van der Waals surface area contributed by atoms with Crippen LogP contribution in [-0.2, 0) is 0 Å². The molecule has 0 aromatic heterocycles. The summed E-state index contributed by atoms with van der Waals surface area (Å²) in [5.41, 5.74) is 2.93. The van der Waals surface area contributed by atoms with Crippen molar-refractivity contribution in [3.63, 3.8) is 0 Å². The Bertz CT molecular complexity index is 586. The molecule has 1 radical (unpaired) electrons. The van der Waals surface area contributed by atoms with Crippen LogP contribution in [0.1, 0.15) is 58.4 Å². The van der Waals surface area contributed by atoms with E-state index in [9.17, 15) is 0 Å². The van der Waals surface area contributed by atoms with Gasteiger partial charge in [0.2, 0.25) is 0 Å². The molecule has 0 saturated heterocycles. The van der Waals surface area contributed by atoms with E-state index in [1.165, 1.54) is 24.0 Å². The Balaban J connectivity index is 1.85. The van der Waals surface area contributed by atoms with Crippen molar-refractivity contribution in [2.24, 2.45) is 11.3 Å². The molecule has 0 atom stereocenters. The number of hydrogen-bond acceptors (Lipinski definition) is 1. The van der Waals surface area contributed by atoms with Crippen LogP contribution >= 0.6 is 15.9 Å². The third-order valence-electron chi connectivity index (χ3n) is 5.49. The summed E-state index contributed by atoms with van der Waals surface area (Å²) in [7, 11) is 0. The number of rotatable bonds is 0. The topological polar surface area (TPSA) is 9.23 Å². The van der Waals surface area contributed by atoms with Crippen LogP contribution in [0, 0.1) is 18.3 Å². The smallest absolute Gasteiger partial charge is 0.127 e. The van der Waals surface area contributed by atoms with Crippen LogP contribution in [-0.4, -0.2) is 5.60 Å². The molecule has 0 amide bonds. The number of hydrogen-bond donors (Lipinski definition) is 0. The minimum absolute atomic E-state index is 0.00783. The second kappa shape index (κ2) is 5.70. The van der Waals surface area contributed by atoms with Gasteiger partial charge in [0.15, 0.2) is 0 Å². The largest absolute Gasteiger partial charge is 0.486 e. The van der Waals surface area contributed by atoms with E-state index in [4.69, 9.17) is 4.74 Å². The van der Waals surface area contributed by atoms with Crippen molar-refractivity contribution in [1.82, 2.24) is 0 Å². The quantitative estimate of drug-likeness (QED) is 0.517. The molecule has 1 spiro atoms. The highest BCUT2D eigenvalue weighted by atomic mass is 79.9. The fraction of sp³-hybridized carbons (Fsp3) is 0.550. The molecule has 1 aromatic rings. The van der Waals surface area contributed by atoms with Gasteiger partial charge >= 0.3 is 0 Å². The van der Waals surface area contributed by atoms with Crippen molar-refractivity contribution in [1.29, 1.82) is 0 Å². The van der Waals surface area contributed by atoms with Gasteiger partial charge in [0.1, 0.15) is 11.4 Å². The standard InChI is InChI=1S/C20H26BrO/c1-5-14-13-20(10-8-15(9-11-20)19(2,3)4)22-18-7-6-16(21)12-17(14)18/h5-7,12,15H,1,8-11,13H2,2-4H3. The van der Waals surface area contributed by atoms with E-state index in [-0.39, 0.29) is 5.60 Å². The summed E-state index contributed by atoms with van der Waals surface area (Å²) in [6, 6.07) is 6.32. The summed E-state index contributed by atoms with van der Waals surface area (Å²) >= 11 is 3.56. The minimum Gasteiger partial charge on any atom is -0.486 e. The molecule has 22 heavy (non-hydrogen) atoms. The Morgan fingerprint density at radius 3 is 2.55 bits per heavy atom. The van der Waals surface area contributed by atoms with Gasteiger partial charge in [-0.15, -0.1) is 0 Å². The van der Waals surface area contributed by atoms with E-state index in [1.807, 2.05) is 6.08 Å². The van der Waals surface area contributed by atoms with Crippen molar-refractivity contribution in [3.8, 4) is 5.75 Å². The first-order chi connectivity index (χ1) is 10.3. The van der Waals surface area contributed by atoms with Gasteiger partial charge in [-0.05, 0) is 67.7 Å². The summed E-state index contributed by atoms with van der Waals surface area (Å²) in [6.07, 6.45) is 7.85. The van der Waals surface area contributed by atoms with E-state index in [1.54, 1.807) is 0 Å². The number of ether oxygens (including phenoxy) is 1. The summed E-state index contributed by atoms with van der Waals surface area (Å²) in [5, 5.41) is 0. The van der Waals surface area contributed by atoms with E-state index < -0.39 is 0 Å². The lowest BCUT2D eigenvalue weighted by Crippen LogP contribution is -2.44. The zero-order chi connectivity index (χ0) is 16.0. The highest BCUT2D eigenvalue weighted by molar-refractivity contribution is 9.10. The van der Waals surface area contributed by atoms with Crippen LogP contribution in [0.2, 0.25) is 0 Å². The molecular formula is C20H26BrO. The van der Waals surface area contributed by atoms with Gasteiger partial charge in [0.25, 0.3) is 0 Å². The fourth-order valence-corrected chi connectivity index (χ4v) is 4.39. The highest BCUT2D eigenvalue weighted by Gasteiger charge is 2.43. The number of fused-ring (bicyclic) bond motifs is 1. The molecule has 0 bridgehead atoms. The molecule has 1 fully saturated rings. The maximum Gasteiger partial charge on any atom is 0.127 e. The third-order valence-corrected chi connectivity index (χ3v) is 5.99. The fourth-order valence-electron chi connectivity index (χ4n) is 4.02. The predicted octanol–water partition coefficient (Wildman–Crippen LogP) is 6.42. The second-order valence-corrected chi connectivity index (χ2v) is 8.89. The Kier molecular flexibility index (Phi) is 4.18. The van der Waals surface area contributed by atoms with Gasteiger partial charge in [-0.1, -0.05) is 42.8 Å². The van der Waals surface area contributed by atoms with Gasteiger partial charge in [0, 0.05) is 16.5 Å². The first-order valence-electron chi connectivity index (χ1n) is 8.30. The van der Waals surface area contributed by atoms with Gasteiger partial charge in [-0.3, -0.25) is 0 Å². The molecular weight excluding hydrogens is 336 g/mol. The maximum atomic E-state index is 6.52. The van der Waals surface area contributed by atoms with Gasteiger partial charge < -0.3 is 4.74 Å². The highest BCUT2D eigenvalue weighted by Crippen LogP contribution is 2.50. The Morgan fingerprint density at radius 1 is 1.27 bits per heavy atom. The minimum atomic E-state index is -0.00783. The summed E-state index contributed by atoms with van der Waals surface area (Å²) in [6.45, 7) is 11.1. The maximum absolute atomic E-state index is 6.52. The van der Waals surface area contributed by atoms with Gasteiger partial charge in [0.05, 0.1) is 0 Å². The van der Waals surface area contributed by atoms with Crippen molar-refractivity contribution in [2.75, 3.05) is 0 Å². The summed E-state index contributed by atoms with van der Waals surface area (Å²) < 4.78 is 7.62. The molecule has 1 aromatic carbocycles. The van der Waals surface area contributed by atoms with E-state index in [0.717, 1.165) is 35.4 Å². The first-order valence-corrected chi connectivity index (χ1v) is 9.09. The summed E-state index contributed by atoms with van der Waals surface area (Å²) in [4.78, 5) is 0. The predicted molar refractivity (Wildman–Crippen MR) is 96.9 cm³/mol. The average Bonchev–Trinajstić information content (AvgIpc) is 2.46. The van der Waals surface area contributed by atoms with E-state index in [0.29, 0.717) is 5.41 Å². The molecule has 1 aliphatic carbocycles. The normalized spacial score (nSPS) is 30.2. The second-order valence-electron chi connectivity index (χ2n) is 7.97. The van der Waals surface area contributed by atoms with Crippen LogP contribution in [0.4, 0.5) is 0 Å². The number of allylic oxidation sites excluding steroid dienone is 1.